The Morgan fingerprint density at radius 3 is 2.76 bits per heavy atom. The second-order valence-corrected chi connectivity index (χ2v) is 12.6. The number of ether oxygens (including phenoxy) is 1. The summed E-state index contributed by atoms with van der Waals surface area (Å²) in [5.41, 5.74) is 2.32. The summed E-state index contributed by atoms with van der Waals surface area (Å²) < 4.78 is 39.7. The molecule has 1 aromatic carbocycles. The van der Waals surface area contributed by atoms with E-state index in [9.17, 15) is 22.9 Å². The highest BCUT2D eigenvalue weighted by Crippen LogP contribution is 2.42. The lowest BCUT2D eigenvalue weighted by molar-refractivity contribution is -0.668. The van der Waals surface area contributed by atoms with Gasteiger partial charge in [-0.15, -0.1) is 0 Å². The minimum absolute atomic E-state index is 0.107. The highest BCUT2D eigenvalue weighted by Gasteiger charge is 2.36. The second kappa shape index (κ2) is 11.4. The van der Waals surface area contributed by atoms with Crippen molar-refractivity contribution >= 4 is 55.5 Å². The number of esters is 1. The summed E-state index contributed by atoms with van der Waals surface area (Å²) >= 11 is 3.33. The number of likely N-dealkylation sites (N-methyl/N-ethyl adjacent to an activating group) is 1. The zero-order valence-electron chi connectivity index (χ0n) is 21.0. The maximum Gasteiger partial charge on any atom is 0.338 e. The molecule has 2 heterocycles. The molecule has 0 bridgehead atoms. The van der Waals surface area contributed by atoms with Crippen LogP contribution in [0.3, 0.4) is 0 Å². The van der Waals surface area contributed by atoms with Crippen molar-refractivity contribution in [2.45, 2.75) is 44.5 Å². The van der Waals surface area contributed by atoms with Crippen LogP contribution in [0.25, 0.3) is 16.3 Å². The number of fused-ring (bicyclic) bond motifs is 2. The van der Waals surface area contributed by atoms with Crippen molar-refractivity contribution in [1.29, 1.82) is 0 Å². The van der Waals surface area contributed by atoms with Crippen molar-refractivity contribution in [3.05, 3.63) is 69.4 Å². The number of carbonyl (C=O) groups excluding carboxylic acids is 1. The fraction of sp³-hybridized carbons (Fsp3) is 0.385. The Hall–Kier alpha value is -2.60. The molecule has 8 nitrogen and oxygen atoms in total. The number of aryl methyl sites for hydroxylation is 1. The van der Waals surface area contributed by atoms with Crippen LogP contribution in [0.1, 0.15) is 42.1 Å². The van der Waals surface area contributed by atoms with Crippen LogP contribution in [-0.4, -0.2) is 59.6 Å². The van der Waals surface area contributed by atoms with Crippen LogP contribution in [-0.2, 0) is 21.4 Å². The van der Waals surface area contributed by atoms with Crippen LogP contribution >= 0.6 is 23.1 Å². The SMILES string of the molecule is CCC(=Cc1sc2ccc(C(=O)OC)cc2[n+]1CCCS(=O)(=O)O)C=C1SC2C=CC(O)=CC2N1CC. The number of rotatable bonds is 9. The molecule has 4 rings (SSSR count). The lowest BCUT2D eigenvalue weighted by Crippen LogP contribution is -2.36. The van der Waals surface area contributed by atoms with Gasteiger partial charge in [0.25, 0.3) is 15.1 Å². The predicted octanol–water partition coefficient (Wildman–Crippen LogP) is 4.71. The summed E-state index contributed by atoms with van der Waals surface area (Å²) in [5, 5.41) is 12.3. The first kappa shape index (κ1) is 27.4. The number of aliphatic hydroxyl groups excluding tert-OH is 1. The minimum Gasteiger partial charge on any atom is -0.508 e. The van der Waals surface area contributed by atoms with Crippen LogP contribution in [0, 0.1) is 0 Å². The molecule has 0 amide bonds. The van der Waals surface area contributed by atoms with Gasteiger partial charge in [-0.2, -0.15) is 13.0 Å². The highest BCUT2D eigenvalue weighted by molar-refractivity contribution is 8.04. The van der Waals surface area contributed by atoms with Crippen LogP contribution in [0.2, 0.25) is 0 Å². The molecule has 2 aromatic rings. The van der Waals surface area contributed by atoms with Gasteiger partial charge in [0, 0.05) is 25.1 Å². The third kappa shape index (κ3) is 6.28. The Balaban J connectivity index is 1.74. The van der Waals surface area contributed by atoms with E-state index < -0.39 is 16.1 Å². The molecule has 2 atom stereocenters. The quantitative estimate of drug-likeness (QED) is 0.257. The van der Waals surface area contributed by atoms with E-state index in [0.717, 1.165) is 38.8 Å². The van der Waals surface area contributed by atoms with Crippen LogP contribution in [0.15, 0.2) is 58.9 Å². The number of aromatic nitrogens is 1. The number of hydrogen-bond donors (Lipinski definition) is 2. The molecule has 0 saturated carbocycles. The molecule has 1 saturated heterocycles. The number of allylic oxidation sites excluding steroid dienone is 3. The smallest absolute Gasteiger partial charge is 0.338 e. The number of thioether (sulfide) groups is 1. The average molecular weight is 564 g/mol. The Kier molecular flexibility index (Phi) is 8.47. The molecule has 0 spiro atoms. The third-order valence-electron chi connectivity index (χ3n) is 6.34. The lowest BCUT2D eigenvalue weighted by atomic mass is 10.1. The number of methoxy groups -OCH3 is 1. The number of hydrogen-bond acceptors (Lipinski definition) is 8. The number of nitrogens with zero attached hydrogens (tertiary/aromatic N) is 2. The Morgan fingerprint density at radius 2 is 2.08 bits per heavy atom. The van der Waals surface area contributed by atoms with E-state index >= 15 is 0 Å². The van der Waals surface area contributed by atoms with E-state index in [-0.39, 0.29) is 29.2 Å². The van der Waals surface area contributed by atoms with Gasteiger partial charge in [0.15, 0.2) is 6.54 Å². The summed E-state index contributed by atoms with van der Waals surface area (Å²) in [5.74, 6) is -0.502. The fourth-order valence-corrected chi connectivity index (χ4v) is 7.54. The molecule has 37 heavy (non-hydrogen) atoms. The zero-order chi connectivity index (χ0) is 26.7. The highest BCUT2D eigenvalue weighted by atomic mass is 32.2. The molecule has 2 aliphatic rings. The van der Waals surface area contributed by atoms with Crippen molar-refractivity contribution in [3.8, 4) is 0 Å². The van der Waals surface area contributed by atoms with E-state index in [2.05, 4.69) is 30.9 Å². The maximum absolute atomic E-state index is 12.1. The van der Waals surface area contributed by atoms with Crippen LogP contribution in [0.5, 0.6) is 0 Å². The van der Waals surface area contributed by atoms with Gasteiger partial charge in [0.2, 0.25) is 5.52 Å². The Labute approximate surface area is 225 Å². The van der Waals surface area contributed by atoms with E-state index in [0.29, 0.717) is 12.1 Å². The first-order valence-corrected chi connectivity index (χ1v) is 15.4. The summed E-state index contributed by atoms with van der Waals surface area (Å²) in [6.07, 6.45) is 11.0. The maximum atomic E-state index is 12.1. The first-order chi connectivity index (χ1) is 17.6. The van der Waals surface area contributed by atoms with Gasteiger partial charge in [-0.05, 0) is 49.3 Å². The van der Waals surface area contributed by atoms with Gasteiger partial charge in [0.05, 0.1) is 34.7 Å². The number of benzene rings is 1. The third-order valence-corrected chi connectivity index (χ3v) is 9.56. The molecule has 2 unspecified atom stereocenters. The molecule has 1 aliphatic carbocycles. The van der Waals surface area contributed by atoms with E-state index in [1.807, 2.05) is 22.8 Å². The number of thiazole rings is 1. The first-order valence-electron chi connectivity index (χ1n) is 12.1. The molecule has 1 aromatic heterocycles. The fourth-order valence-electron chi connectivity index (χ4n) is 4.50. The van der Waals surface area contributed by atoms with E-state index in [1.165, 1.54) is 7.11 Å². The zero-order valence-corrected chi connectivity index (χ0v) is 23.4. The molecule has 1 aliphatic heterocycles. The molecular weight excluding hydrogens is 532 g/mol. The predicted molar refractivity (Wildman–Crippen MR) is 148 cm³/mol. The molecule has 1 fully saturated rings. The van der Waals surface area contributed by atoms with Crippen LogP contribution < -0.4 is 4.57 Å². The minimum atomic E-state index is -4.08. The van der Waals surface area contributed by atoms with Gasteiger partial charge in [-0.25, -0.2) is 4.79 Å². The monoisotopic (exact) mass is 563 g/mol. The molecule has 198 valence electrons. The summed E-state index contributed by atoms with van der Waals surface area (Å²) in [6, 6.07) is 5.45. The van der Waals surface area contributed by atoms with Crippen molar-refractivity contribution in [1.82, 2.24) is 4.90 Å². The van der Waals surface area contributed by atoms with Crippen molar-refractivity contribution in [2.75, 3.05) is 19.4 Å². The summed E-state index contributed by atoms with van der Waals surface area (Å²) in [6.45, 7) is 5.36. The van der Waals surface area contributed by atoms with Crippen LogP contribution in [0.4, 0.5) is 0 Å². The van der Waals surface area contributed by atoms with Crippen molar-refractivity contribution in [2.24, 2.45) is 0 Å². The van der Waals surface area contributed by atoms with Gasteiger partial charge < -0.3 is 14.7 Å². The van der Waals surface area contributed by atoms with E-state index in [4.69, 9.17) is 4.74 Å². The Bertz CT molecular complexity index is 1420. The standard InChI is InChI=1S/C26H30N2O6S3/c1-4-17(13-24-27(5-2)21-16-19(29)8-10-23(21)35-24)14-25-28(11-6-12-37(31,32)33)20-15-18(26(30)34-3)7-9-22(20)36-25/h7-10,13-16,21,23H,4-6,11-12H2,1-3H3,(H-,29,31,32,33)/p+1. The number of aliphatic hydroxyl groups is 1. The Morgan fingerprint density at radius 1 is 1.30 bits per heavy atom. The van der Waals surface area contributed by atoms with E-state index in [1.54, 1.807) is 41.3 Å². The lowest BCUT2D eigenvalue weighted by Gasteiger charge is -2.26. The average Bonchev–Trinajstić information content (AvgIpc) is 3.38. The molecule has 11 heteroatoms. The molecule has 0 radical (unpaired) electrons. The van der Waals surface area contributed by atoms with Gasteiger partial charge >= 0.3 is 5.97 Å². The largest absolute Gasteiger partial charge is 0.508 e. The van der Waals surface area contributed by atoms with Crippen molar-refractivity contribution < 1.29 is 32.2 Å². The second-order valence-electron chi connectivity index (χ2n) is 8.77. The number of carbonyl (C=O) groups is 1. The molecular formula is C26H31N2O6S3+. The van der Waals surface area contributed by atoms with Gasteiger partial charge in [-0.1, -0.05) is 36.1 Å². The summed E-state index contributed by atoms with van der Waals surface area (Å²) in [4.78, 5) is 14.4. The molecule has 2 N–H and O–H groups in total. The normalized spacial score (nSPS) is 21.0. The topological polar surface area (TPSA) is 108 Å². The van der Waals surface area contributed by atoms with Gasteiger partial charge in [-0.3, -0.25) is 4.55 Å². The summed E-state index contributed by atoms with van der Waals surface area (Å²) in [7, 11) is -2.75. The van der Waals surface area contributed by atoms with Crippen molar-refractivity contribution in [3.63, 3.8) is 0 Å². The van der Waals surface area contributed by atoms with Gasteiger partial charge in [0.1, 0.15) is 10.5 Å².